The smallest absolute Gasteiger partial charge is 0.152 e. The molecule has 2 aliphatic rings. The quantitative estimate of drug-likeness (QED) is 0.496. The second-order valence-corrected chi connectivity index (χ2v) is 8.47. The molecule has 4 heterocycles. The molecule has 0 radical (unpaired) electrons. The van der Waals surface area contributed by atoms with Crippen molar-refractivity contribution in [1.29, 1.82) is 0 Å². The van der Waals surface area contributed by atoms with E-state index < -0.39 is 0 Å². The van der Waals surface area contributed by atoms with E-state index in [0.717, 1.165) is 70.7 Å². The number of hydrogen-bond acceptors (Lipinski definition) is 6. The molecule has 2 aliphatic heterocycles. The summed E-state index contributed by atoms with van der Waals surface area (Å²) in [5, 5.41) is 6.74. The van der Waals surface area contributed by atoms with Crippen LogP contribution in [0, 0.1) is 0 Å². The minimum Gasteiger partial charge on any atom is -0.338 e. The molecule has 0 aliphatic carbocycles. The van der Waals surface area contributed by atoms with E-state index in [-0.39, 0.29) is 0 Å². The van der Waals surface area contributed by atoms with Crippen molar-refractivity contribution >= 4 is 17.4 Å². The first-order valence-electron chi connectivity index (χ1n) is 11.8. The molecule has 174 valence electrons. The molecule has 0 amide bonds. The number of fused-ring (bicyclic) bond motifs is 1. The zero-order chi connectivity index (χ0) is 24.0. The summed E-state index contributed by atoms with van der Waals surface area (Å²) < 4.78 is 0. The lowest BCUT2D eigenvalue weighted by atomic mass is 10.1. The lowest BCUT2D eigenvalue weighted by Crippen LogP contribution is -2.29. The van der Waals surface area contributed by atoms with E-state index in [4.69, 9.17) is 9.97 Å². The third-order valence-electron chi connectivity index (χ3n) is 6.10. The number of hydrogen-bond donors (Lipinski definition) is 2. The summed E-state index contributed by atoms with van der Waals surface area (Å²) in [6.07, 6.45) is 6.29. The number of nitrogens with one attached hydrogen (secondary N) is 2. The fourth-order valence-electron chi connectivity index (χ4n) is 4.21. The van der Waals surface area contributed by atoms with Crippen LogP contribution in [0.4, 0.5) is 5.69 Å². The van der Waals surface area contributed by atoms with Gasteiger partial charge in [-0.15, -0.1) is 0 Å². The highest BCUT2D eigenvalue weighted by Gasteiger charge is 2.15. The summed E-state index contributed by atoms with van der Waals surface area (Å²) >= 11 is 0. The van der Waals surface area contributed by atoms with E-state index >= 15 is 0 Å². The molecule has 0 saturated carbocycles. The third-order valence-corrected chi connectivity index (χ3v) is 6.10. The normalized spacial score (nSPS) is 14.7. The second kappa shape index (κ2) is 10.3. The zero-order valence-electron chi connectivity index (χ0n) is 19.7. The molecule has 2 aromatic heterocycles. The average Bonchev–Trinajstić information content (AvgIpc) is 2.92. The van der Waals surface area contributed by atoms with Crippen molar-refractivity contribution in [3.8, 4) is 0 Å². The Balaban J connectivity index is 1.21. The van der Waals surface area contributed by atoms with Crippen LogP contribution in [-0.2, 0) is 19.4 Å². The predicted octanol–water partition coefficient (Wildman–Crippen LogP) is 5.00. The molecule has 0 atom stereocenters. The maximum Gasteiger partial charge on any atom is 0.152 e. The maximum atomic E-state index is 4.86. The molecular formula is C29H28N6. The highest BCUT2D eigenvalue weighted by atomic mass is 15.1. The van der Waals surface area contributed by atoms with Gasteiger partial charge in [0.25, 0.3) is 0 Å². The van der Waals surface area contributed by atoms with Crippen molar-refractivity contribution in [2.45, 2.75) is 25.8 Å². The monoisotopic (exact) mass is 460 g/mol. The van der Waals surface area contributed by atoms with Gasteiger partial charge in [0.2, 0.25) is 0 Å². The number of aromatic nitrogens is 2. The van der Waals surface area contributed by atoms with Crippen LogP contribution in [0.15, 0.2) is 107 Å². The number of amidine groups is 2. The number of aryl methyl sites for hydroxylation is 2. The molecule has 0 spiro atoms. The van der Waals surface area contributed by atoms with Crippen LogP contribution in [0.1, 0.15) is 34.8 Å². The summed E-state index contributed by atoms with van der Waals surface area (Å²) in [4.78, 5) is 19.0. The minimum absolute atomic E-state index is 0.576. The molecule has 1 aromatic carbocycles. The first-order chi connectivity index (χ1) is 17.2. The van der Waals surface area contributed by atoms with Crippen LogP contribution in [-0.4, -0.2) is 28.2 Å². The van der Waals surface area contributed by atoms with Gasteiger partial charge in [-0.3, -0.25) is 9.98 Å². The molecule has 6 heteroatoms. The largest absolute Gasteiger partial charge is 0.338 e. The molecule has 35 heavy (non-hydrogen) atoms. The van der Waals surface area contributed by atoms with E-state index in [1.807, 2.05) is 36.4 Å². The van der Waals surface area contributed by atoms with Gasteiger partial charge in [0.15, 0.2) is 11.7 Å². The van der Waals surface area contributed by atoms with Crippen molar-refractivity contribution in [2.24, 2.45) is 9.98 Å². The summed E-state index contributed by atoms with van der Waals surface area (Å²) in [7, 11) is 0. The lowest BCUT2D eigenvalue weighted by Gasteiger charge is -2.18. The number of rotatable bonds is 8. The number of allylic oxidation sites excluding steroid dienone is 1. The highest BCUT2D eigenvalue weighted by molar-refractivity contribution is 6.08. The van der Waals surface area contributed by atoms with Gasteiger partial charge in [0.05, 0.1) is 13.1 Å². The number of benzene rings is 1. The highest BCUT2D eigenvalue weighted by Crippen LogP contribution is 2.21. The van der Waals surface area contributed by atoms with Crippen LogP contribution in [0.3, 0.4) is 0 Å². The molecular weight excluding hydrogens is 432 g/mol. The topological polar surface area (TPSA) is 74.6 Å². The van der Waals surface area contributed by atoms with Crippen LogP contribution in [0.2, 0.25) is 0 Å². The van der Waals surface area contributed by atoms with Crippen molar-refractivity contribution in [3.05, 3.63) is 126 Å². The van der Waals surface area contributed by atoms with Crippen LogP contribution in [0.25, 0.3) is 0 Å². The number of nitrogens with zero attached hydrogens (tertiary/aromatic N) is 4. The van der Waals surface area contributed by atoms with Crippen molar-refractivity contribution in [3.63, 3.8) is 0 Å². The standard InChI is InChI=1S/C29H28N6/c1-3-20-18-30-28(34-24(20)4-2)26-16-8-13-22(32-26)11-7-12-23-14-9-17-27(33-23)29-31-19-21-10-5-6-15-25(21)35-29/h3-6,8-10,13-17H,1-2,7,11-12,18-19H2,(H,30,34)(H,31,35). The molecule has 0 unspecified atom stereocenters. The van der Waals surface area contributed by atoms with Gasteiger partial charge in [0.1, 0.15) is 11.4 Å². The van der Waals surface area contributed by atoms with E-state index in [2.05, 4.69) is 64.1 Å². The Morgan fingerprint density at radius 2 is 1.37 bits per heavy atom. The zero-order valence-corrected chi connectivity index (χ0v) is 19.7. The first-order valence-corrected chi connectivity index (χ1v) is 11.8. The van der Waals surface area contributed by atoms with Crippen molar-refractivity contribution in [2.75, 3.05) is 11.9 Å². The fourth-order valence-corrected chi connectivity index (χ4v) is 4.21. The molecule has 0 fully saturated rings. The Kier molecular flexibility index (Phi) is 6.61. The maximum absolute atomic E-state index is 4.86. The molecule has 6 nitrogen and oxygen atoms in total. The lowest BCUT2D eigenvalue weighted by molar-refractivity contribution is 0.779. The van der Waals surface area contributed by atoms with E-state index in [1.54, 1.807) is 6.08 Å². The summed E-state index contributed by atoms with van der Waals surface area (Å²) in [5.74, 6) is 1.59. The Hall–Kier alpha value is -4.32. The van der Waals surface area contributed by atoms with Gasteiger partial charge in [-0.2, -0.15) is 0 Å². The Bertz CT molecular complexity index is 1360. The molecule has 2 N–H and O–H groups in total. The van der Waals surface area contributed by atoms with Crippen molar-refractivity contribution in [1.82, 2.24) is 15.3 Å². The second-order valence-electron chi connectivity index (χ2n) is 8.47. The van der Waals surface area contributed by atoms with Crippen molar-refractivity contribution < 1.29 is 0 Å². The van der Waals surface area contributed by atoms with Gasteiger partial charge in [0, 0.05) is 22.8 Å². The van der Waals surface area contributed by atoms with Gasteiger partial charge in [-0.05, 0) is 66.8 Å². The number of aliphatic imine (C=N–C) groups is 2. The molecule has 3 aromatic rings. The van der Waals surface area contributed by atoms with E-state index in [9.17, 15) is 0 Å². The molecule has 0 saturated heterocycles. The summed E-state index contributed by atoms with van der Waals surface area (Å²) in [6, 6.07) is 20.5. The Labute approximate surface area is 206 Å². The number of para-hydroxylation sites is 1. The minimum atomic E-state index is 0.576. The number of anilines is 1. The Morgan fingerprint density at radius 3 is 2.06 bits per heavy atom. The van der Waals surface area contributed by atoms with Gasteiger partial charge < -0.3 is 10.6 Å². The summed E-state index contributed by atoms with van der Waals surface area (Å²) in [6.45, 7) is 8.98. The predicted molar refractivity (Wildman–Crippen MR) is 143 cm³/mol. The third kappa shape index (κ3) is 5.11. The molecule has 5 rings (SSSR count). The SMILES string of the molecule is C=CC1=C(C=C)NC(c2cccc(CCCc3cccc(C4=NCc5ccccc5N4)n3)n2)=NC1. The summed E-state index contributed by atoms with van der Waals surface area (Å²) in [5.41, 5.74) is 8.08. The van der Waals surface area contributed by atoms with Crippen LogP contribution < -0.4 is 10.6 Å². The van der Waals surface area contributed by atoms with Gasteiger partial charge >= 0.3 is 0 Å². The van der Waals surface area contributed by atoms with E-state index in [1.165, 1.54) is 5.56 Å². The Morgan fingerprint density at radius 1 is 0.714 bits per heavy atom. The van der Waals surface area contributed by atoms with E-state index in [0.29, 0.717) is 13.1 Å². The fraction of sp³-hybridized carbons (Fsp3) is 0.172. The van der Waals surface area contributed by atoms with Crippen LogP contribution in [0.5, 0.6) is 0 Å². The number of pyridine rings is 2. The van der Waals surface area contributed by atoms with Gasteiger partial charge in [-0.1, -0.05) is 49.6 Å². The molecule has 0 bridgehead atoms. The van der Waals surface area contributed by atoms with Crippen LogP contribution >= 0.6 is 0 Å². The first kappa shape index (κ1) is 22.5. The average molecular weight is 461 g/mol. The van der Waals surface area contributed by atoms with Gasteiger partial charge in [-0.25, -0.2) is 9.97 Å².